The standard InChI is InChI=1S/C22H19NO/c1-17-20(22-13-8-14-24-22)15-21(19-11-6-3-7-12-19)23(17)16-18-9-4-2-5-10-18/h2-15H,16H2,1H3. The van der Waals surface area contributed by atoms with E-state index in [2.05, 4.69) is 72.2 Å². The minimum atomic E-state index is 0.845. The lowest BCUT2D eigenvalue weighted by Crippen LogP contribution is -2.03. The van der Waals surface area contributed by atoms with Crippen molar-refractivity contribution >= 4 is 0 Å². The Hall–Kier alpha value is -3.00. The van der Waals surface area contributed by atoms with Crippen LogP contribution in [0.15, 0.2) is 89.5 Å². The smallest absolute Gasteiger partial charge is 0.135 e. The molecule has 2 aromatic heterocycles. The molecule has 0 radical (unpaired) electrons. The molecule has 118 valence electrons. The zero-order valence-electron chi connectivity index (χ0n) is 13.6. The first-order valence-electron chi connectivity index (χ1n) is 8.16. The highest BCUT2D eigenvalue weighted by Gasteiger charge is 2.16. The van der Waals surface area contributed by atoms with Crippen LogP contribution in [0.1, 0.15) is 11.3 Å². The van der Waals surface area contributed by atoms with Crippen LogP contribution < -0.4 is 0 Å². The lowest BCUT2D eigenvalue weighted by atomic mass is 10.1. The van der Waals surface area contributed by atoms with Gasteiger partial charge in [-0.3, -0.25) is 0 Å². The molecule has 0 N–H and O–H groups in total. The highest BCUT2D eigenvalue weighted by molar-refractivity contribution is 5.72. The molecule has 0 aliphatic carbocycles. The van der Waals surface area contributed by atoms with Crippen LogP contribution in [0.3, 0.4) is 0 Å². The Morgan fingerprint density at radius 2 is 1.54 bits per heavy atom. The molecule has 0 aliphatic rings. The quantitative estimate of drug-likeness (QED) is 0.467. The number of hydrogen-bond acceptors (Lipinski definition) is 1. The van der Waals surface area contributed by atoms with E-state index in [1.165, 1.54) is 22.5 Å². The van der Waals surface area contributed by atoms with Gasteiger partial charge in [-0.25, -0.2) is 0 Å². The zero-order valence-corrected chi connectivity index (χ0v) is 13.6. The lowest BCUT2D eigenvalue weighted by molar-refractivity contribution is 0.581. The second kappa shape index (κ2) is 6.25. The summed E-state index contributed by atoms with van der Waals surface area (Å²) in [5.74, 6) is 0.913. The van der Waals surface area contributed by atoms with Crippen LogP contribution in [0.4, 0.5) is 0 Å². The molecule has 4 aromatic rings. The first-order chi connectivity index (χ1) is 11.8. The fourth-order valence-corrected chi connectivity index (χ4v) is 3.14. The van der Waals surface area contributed by atoms with Crippen LogP contribution in [-0.2, 0) is 6.54 Å². The molecule has 24 heavy (non-hydrogen) atoms. The Balaban J connectivity index is 1.86. The van der Waals surface area contributed by atoms with Gasteiger partial charge in [0.05, 0.1) is 6.26 Å². The van der Waals surface area contributed by atoms with E-state index in [0.29, 0.717) is 0 Å². The van der Waals surface area contributed by atoms with Gasteiger partial charge in [-0.05, 0) is 36.2 Å². The molecular formula is C22H19NO. The number of hydrogen-bond donors (Lipinski definition) is 0. The highest BCUT2D eigenvalue weighted by Crippen LogP contribution is 2.33. The van der Waals surface area contributed by atoms with Gasteiger partial charge in [-0.2, -0.15) is 0 Å². The summed E-state index contributed by atoms with van der Waals surface area (Å²) in [6.07, 6.45) is 1.73. The van der Waals surface area contributed by atoms with Crippen molar-refractivity contribution in [2.24, 2.45) is 0 Å². The number of aromatic nitrogens is 1. The third kappa shape index (κ3) is 2.67. The van der Waals surface area contributed by atoms with Gasteiger partial charge in [-0.15, -0.1) is 0 Å². The fraction of sp³-hybridized carbons (Fsp3) is 0.0909. The molecule has 2 nitrogen and oxygen atoms in total. The van der Waals surface area contributed by atoms with Gasteiger partial charge < -0.3 is 8.98 Å². The Kier molecular flexibility index (Phi) is 3.80. The maximum atomic E-state index is 5.64. The first kappa shape index (κ1) is 14.6. The van der Waals surface area contributed by atoms with Crippen molar-refractivity contribution < 1.29 is 4.42 Å². The lowest BCUT2D eigenvalue weighted by Gasteiger charge is -2.12. The third-order valence-electron chi connectivity index (χ3n) is 4.41. The van der Waals surface area contributed by atoms with Crippen LogP contribution in [0, 0.1) is 6.92 Å². The maximum Gasteiger partial charge on any atom is 0.135 e. The van der Waals surface area contributed by atoms with Crippen molar-refractivity contribution in [2.75, 3.05) is 0 Å². The van der Waals surface area contributed by atoms with E-state index >= 15 is 0 Å². The fourth-order valence-electron chi connectivity index (χ4n) is 3.14. The summed E-state index contributed by atoms with van der Waals surface area (Å²) in [5.41, 5.74) is 6.08. The van der Waals surface area contributed by atoms with Gasteiger partial charge >= 0.3 is 0 Å². The van der Waals surface area contributed by atoms with Crippen LogP contribution in [0.25, 0.3) is 22.6 Å². The highest BCUT2D eigenvalue weighted by atomic mass is 16.3. The number of furan rings is 1. The van der Waals surface area contributed by atoms with Gasteiger partial charge in [0.2, 0.25) is 0 Å². The van der Waals surface area contributed by atoms with Crippen molar-refractivity contribution in [3.8, 4) is 22.6 Å². The molecule has 0 saturated carbocycles. The number of benzene rings is 2. The van der Waals surface area contributed by atoms with E-state index < -0.39 is 0 Å². The molecule has 2 heteroatoms. The van der Waals surface area contributed by atoms with Crippen LogP contribution in [0.2, 0.25) is 0 Å². The summed E-state index contributed by atoms with van der Waals surface area (Å²) >= 11 is 0. The average Bonchev–Trinajstić information content (AvgIpc) is 3.26. The van der Waals surface area contributed by atoms with E-state index in [1.54, 1.807) is 6.26 Å². The van der Waals surface area contributed by atoms with Crippen molar-refractivity contribution in [1.82, 2.24) is 4.57 Å². The SMILES string of the molecule is Cc1c(-c2ccco2)cc(-c2ccccc2)n1Cc1ccccc1. The van der Waals surface area contributed by atoms with E-state index in [9.17, 15) is 0 Å². The molecule has 4 rings (SSSR count). The van der Waals surface area contributed by atoms with Crippen molar-refractivity contribution in [1.29, 1.82) is 0 Å². The van der Waals surface area contributed by atoms with E-state index in [4.69, 9.17) is 4.42 Å². The van der Waals surface area contributed by atoms with Crippen LogP contribution >= 0.6 is 0 Å². The largest absolute Gasteiger partial charge is 0.464 e. The van der Waals surface area contributed by atoms with Crippen LogP contribution in [-0.4, -0.2) is 4.57 Å². The van der Waals surface area contributed by atoms with E-state index in [0.717, 1.165) is 17.9 Å². The predicted molar refractivity (Wildman–Crippen MR) is 97.9 cm³/mol. The number of nitrogens with zero attached hydrogens (tertiary/aromatic N) is 1. The Labute approximate surface area is 142 Å². The summed E-state index contributed by atoms with van der Waals surface area (Å²) < 4.78 is 8.01. The van der Waals surface area contributed by atoms with Crippen molar-refractivity contribution in [3.05, 3.63) is 96.4 Å². The second-order valence-corrected chi connectivity index (χ2v) is 5.94. The molecule has 0 atom stereocenters. The summed E-state index contributed by atoms with van der Waals surface area (Å²) in [6, 6.07) is 27.3. The molecule has 0 fully saturated rings. The normalized spacial score (nSPS) is 10.9. The molecule has 2 heterocycles. The molecule has 0 spiro atoms. The monoisotopic (exact) mass is 313 g/mol. The second-order valence-electron chi connectivity index (χ2n) is 5.94. The van der Waals surface area contributed by atoms with Gasteiger partial charge in [0.1, 0.15) is 5.76 Å². The summed E-state index contributed by atoms with van der Waals surface area (Å²) in [5, 5.41) is 0. The van der Waals surface area contributed by atoms with Gasteiger partial charge in [-0.1, -0.05) is 60.7 Å². The summed E-state index contributed by atoms with van der Waals surface area (Å²) in [4.78, 5) is 0. The van der Waals surface area contributed by atoms with Crippen molar-refractivity contribution in [2.45, 2.75) is 13.5 Å². The number of rotatable bonds is 4. The van der Waals surface area contributed by atoms with Crippen LogP contribution in [0.5, 0.6) is 0 Å². The molecular weight excluding hydrogens is 294 g/mol. The third-order valence-corrected chi connectivity index (χ3v) is 4.41. The summed E-state index contributed by atoms with van der Waals surface area (Å²) in [7, 11) is 0. The van der Waals surface area contributed by atoms with Gasteiger partial charge in [0.15, 0.2) is 0 Å². The Morgan fingerprint density at radius 3 is 2.21 bits per heavy atom. The minimum absolute atomic E-state index is 0.845. The maximum absolute atomic E-state index is 5.64. The van der Waals surface area contributed by atoms with E-state index in [-0.39, 0.29) is 0 Å². The topological polar surface area (TPSA) is 18.1 Å². The van der Waals surface area contributed by atoms with E-state index in [1.807, 2.05) is 18.2 Å². The molecule has 0 unspecified atom stereocenters. The molecule has 0 saturated heterocycles. The zero-order chi connectivity index (χ0) is 16.4. The Bertz CT molecular complexity index is 919. The summed E-state index contributed by atoms with van der Waals surface area (Å²) in [6.45, 7) is 3.00. The average molecular weight is 313 g/mol. The first-order valence-corrected chi connectivity index (χ1v) is 8.16. The molecule has 0 bridgehead atoms. The minimum Gasteiger partial charge on any atom is -0.464 e. The van der Waals surface area contributed by atoms with Gasteiger partial charge in [0, 0.05) is 23.5 Å². The molecule has 0 aliphatic heterocycles. The molecule has 0 amide bonds. The Morgan fingerprint density at radius 1 is 0.833 bits per heavy atom. The molecule has 2 aromatic carbocycles. The predicted octanol–water partition coefficient (Wildman–Crippen LogP) is 5.77. The van der Waals surface area contributed by atoms with Gasteiger partial charge in [0.25, 0.3) is 0 Å². The van der Waals surface area contributed by atoms with Crippen molar-refractivity contribution in [3.63, 3.8) is 0 Å².